The molecule has 1 aromatic carbocycles. The number of hydrogen-bond acceptors (Lipinski definition) is 4. The summed E-state index contributed by atoms with van der Waals surface area (Å²) in [5, 5.41) is 5.39. The van der Waals surface area contributed by atoms with Gasteiger partial charge in [-0.15, -0.1) is 11.3 Å². The number of amides is 1. The number of benzene rings is 1. The highest BCUT2D eigenvalue weighted by Crippen LogP contribution is 2.23. The Kier molecular flexibility index (Phi) is 5.93. The van der Waals surface area contributed by atoms with E-state index in [1.54, 1.807) is 17.4 Å². The summed E-state index contributed by atoms with van der Waals surface area (Å²) in [7, 11) is 0. The standard InChI is InChI=1S/C19H18N4OS2/c1-13-15(9-10-16(21-13)17-8-5-11-26-17)18(24)22-23-19(25)20-12-14-6-3-2-4-7-14/h2-11H,12H2,1H3,(H,22,24)(H2,20,23,25). The topological polar surface area (TPSA) is 66.0 Å². The lowest BCUT2D eigenvalue weighted by Gasteiger charge is -2.12. The van der Waals surface area contributed by atoms with Gasteiger partial charge in [0.25, 0.3) is 5.91 Å². The van der Waals surface area contributed by atoms with E-state index in [0.29, 0.717) is 22.9 Å². The van der Waals surface area contributed by atoms with Crippen molar-refractivity contribution in [2.45, 2.75) is 13.5 Å². The number of carbonyl (C=O) groups is 1. The summed E-state index contributed by atoms with van der Waals surface area (Å²) in [6.45, 7) is 2.40. The number of carbonyl (C=O) groups excluding carboxylic acids is 1. The van der Waals surface area contributed by atoms with Gasteiger partial charge in [-0.25, -0.2) is 0 Å². The lowest BCUT2D eigenvalue weighted by Crippen LogP contribution is -2.46. The van der Waals surface area contributed by atoms with Crippen LogP contribution in [0.1, 0.15) is 21.6 Å². The molecule has 7 heteroatoms. The molecular formula is C19H18N4OS2. The smallest absolute Gasteiger partial charge is 0.271 e. The van der Waals surface area contributed by atoms with E-state index in [9.17, 15) is 4.79 Å². The van der Waals surface area contributed by atoms with Gasteiger partial charge in [0, 0.05) is 6.54 Å². The molecule has 2 heterocycles. The first-order valence-corrected chi connectivity index (χ1v) is 9.32. The Bertz CT molecular complexity index is 895. The molecule has 3 N–H and O–H groups in total. The largest absolute Gasteiger partial charge is 0.357 e. The predicted molar refractivity (Wildman–Crippen MR) is 109 cm³/mol. The van der Waals surface area contributed by atoms with E-state index in [2.05, 4.69) is 21.2 Å². The number of hydrazine groups is 1. The summed E-state index contributed by atoms with van der Waals surface area (Å²) in [6.07, 6.45) is 0. The minimum absolute atomic E-state index is 0.281. The molecule has 0 aliphatic rings. The van der Waals surface area contributed by atoms with Gasteiger partial charge in [-0.1, -0.05) is 36.4 Å². The van der Waals surface area contributed by atoms with Crippen molar-refractivity contribution in [1.29, 1.82) is 0 Å². The van der Waals surface area contributed by atoms with E-state index in [-0.39, 0.29) is 5.91 Å². The van der Waals surface area contributed by atoms with E-state index in [4.69, 9.17) is 12.2 Å². The molecule has 3 aromatic rings. The molecule has 2 aromatic heterocycles. The Morgan fingerprint density at radius 1 is 1.08 bits per heavy atom. The van der Waals surface area contributed by atoms with Crippen molar-refractivity contribution >= 4 is 34.6 Å². The fraction of sp³-hybridized carbons (Fsp3) is 0.105. The van der Waals surface area contributed by atoms with E-state index >= 15 is 0 Å². The second-order valence-electron chi connectivity index (χ2n) is 5.55. The normalized spacial score (nSPS) is 10.2. The summed E-state index contributed by atoms with van der Waals surface area (Å²) in [6, 6.07) is 17.5. The Morgan fingerprint density at radius 2 is 1.88 bits per heavy atom. The lowest BCUT2D eigenvalue weighted by atomic mass is 10.1. The van der Waals surface area contributed by atoms with Crippen LogP contribution < -0.4 is 16.2 Å². The van der Waals surface area contributed by atoms with Gasteiger partial charge in [0.15, 0.2) is 5.11 Å². The first-order valence-electron chi connectivity index (χ1n) is 8.03. The lowest BCUT2D eigenvalue weighted by molar-refractivity contribution is 0.0942. The quantitative estimate of drug-likeness (QED) is 0.477. The molecule has 5 nitrogen and oxygen atoms in total. The van der Waals surface area contributed by atoms with Gasteiger partial charge in [-0.2, -0.15) is 0 Å². The van der Waals surface area contributed by atoms with Gasteiger partial charge < -0.3 is 5.32 Å². The molecular weight excluding hydrogens is 364 g/mol. The molecule has 0 atom stereocenters. The van der Waals surface area contributed by atoms with Crippen LogP contribution in [0.25, 0.3) is 10.6 Å². The molecule has 0 aliphatic carbocycles. The maximum Gasteiger partial charge on any atom is 0.271 e. The molecule has 0 unspecified atom stereocenters. The summed E-state index contributed by atoms with van der Waals surface area (Å²) in [5.74, 6) is -0.281. The van der Waals surface area contributed by atoms with Crippen molar-refractivity contribution in [3.8, 4) is 10.6 Å². The highest BCUT2D eigenvalue weighted by Gasteiger charge is 2.12. The first kappa shape index (κ1) is 18.0. The number of thiocarbonyl (C=S) groups is 1. The molecule has 3 rings (SSSR count). The molecule has 0 saturated heterocycles. The first-order chi connectivity index (χ1) is 12.6. The number of nitrogens with zero attached hydrogens (tertiary/aromatic N) is 1. The highest BCUT2D eigenvalue weighted by molar-refractivity contribution is 7.80. The molecule has 132 valence electrons. The minimum atomic E-state index is -0.281. The number of hydrogen-bond donors (Lipinski definition) is 3. The van der Waals surface area contributed by atoms with E-state index < -0.39 is 0 Å². The monoisotopic (exact) mass is 382 g/mol. The number of pyridine rings is 1. The molecule has 0 bridgehead atoms. The maximum atomic E-state index is 12.3. The van der Waals surface area contributed by atoms with Crippen LogP contribution in [0.15, 0.2) is 60.0 Å². The third-order valence-electron chi connectivity index (χ3n) is 3.69. The third-order valence-corrected chi connectivity index (χ3v) is 4.83. The molecule has 0 saturated carbocycles. The number of thiophene rings is 1. The van der Waals surface area contributed by atoms with Gasteiger partial charge in [0.05, 0.1) is 21.8 Å². The van der Waals surface area contributed by atoms with Crippen molar-refractivity contribution < 1.29 is 4.79 Å². The Hall–Kier alpha value is -2.77. The van der Waals surface area contributed by atoms with Crippen molar-refractivity contribution in [2.75, 3.05) is 0 Å². The van der Waals surface area contributed by atoms with Crippen molar-refractivity contribution in [1.82, 2.24) is 21.2 Å². The van der Waals surface area contributed by atoms with Crippen molar-refractivity contribution in [3.05, 3.63) is 76.8 Å². The zero-order valence-electron chi connectivity index (χ0n) is 14.2. The minimum Gasteiger partial charge on any atom is -0.357 e. The molecule has 1 amide bonds. The predicted octanol–water partition coefficient (Wildman–Crippen LogP) is 3.43. The number of nitrogens with one attached hydrogen (secondary N) is 3. The van der Waals surface area contributed by atoms with Crippen LogP contribution in [0.3, 0.4) is 0 Å². The molecule has 26 heavy (non-hydrogen) atoms. The molecule has 0 aliphatic heterocycles. The third kappa shape index (κ3) is 4.65. The summed E-state index contributed by atoms with van der Waals surface area (Å²) in [4.78, 5) is 17.9. The Balaban J connectivity index is 1.54. The van der Waals surface area contributed by atoms with E-state index in [0.717, 1.165) is 16.1 Å². The van der Waals surface area contributed by atoms with Crippen molar-refractivity contribution in [3.63, 3.8) is 0 Å². The summed E-state index contributed by atoms with van der Waals surface area (Å²) >= 11 is 6.79. The van der Waals surface area contributed by atoms with Crippen LogP contribution in [0.2, 0.25) is 0 Å². The van der Waals surface area contributed by atoms with Crippen LogP contribution >= 0.6 is 23.6 Å². The summed E-state index contributed by atoms with van der Waals surface area (Å²) < 4.78 is 0. The van der Waals surface area contributed by atoms with Crippen LogP contribution in [-0.4, -0.2) is 16.0 Å². The Morgan fingerprint density at radius 3 is 2.58 bits per heavy atom. The van der Waals surface area contributed by atoms with Gasteiger partial charge in [0.2, 0.25) is 0 Å². The second-order valence-corrected chi connectivity index (χ2v) is 6.91. The van der Waals surface area contributed by atoms with Crippen molar-refractivity contribution in [2.24, 2.45) is 0 Å². The average molecular weight is 383 g/mol. The maximum absolute atomic E-state index is 12.3. The fourth-order valence-electron chi connectivity index (χ4n) is 2.37. The van der Waals surface area contributed by atoms with Crippen LogP contribution in [0.5, 0.6) is 0 Å². The van der Waals surface area contributed by atoms with Gasteiger partial charge in [0.1, 0.15) is 0 Å². The zero-order chi connectivity index (χ0) is 18.4. The van der Waals surface area contributed by atoms with Gasteiger partial charge in [-0.3, -0.25) is 20.6 Å². The van der Waals surface area contributed by atoms with Crippen LogP contribution in [0.4, 0.5) is 0 Å². The number of aromatic nitrogens is 1. The molecule has 0 fully saturated rings. The molecule has 0 radical (unpaired) electrons. The average Bonchev–Trinajstić information content (AvgIpc) is 3.20. The van der Waals surface area contributed by atoms with E-state index in [1.807, 2.05) is 60.8 Å². The van der Waals surface area contributed by atoms with Crippen LogP contribution in [-0.2, 0) is 6.54 Å². The SMILES string of the molecule is Cc1nc(-c2cccs2)ccc1C(=O)NNC(=S)NCc1ccccc1. The Labute approximate surface area is 161 Å². The number of aryl methyl sites for hydroxylation is 1. The second kappa shape index (κ2) is 8.55. The van der Waals surface area contributed by atoms with Gasteiger partial charge >= 0.3 is 0 Å². The summed E-state index contributed by atoms with van der Waals surface area (Å²) in [5.41, 5.74) is 8.45. The van der Waals surface area contributed by atoms with E-state index in [1.165, 1.54) is 0 Å². The highest BCUT2D eigenvalue weighted by atomic mass is 32.1. The zero-order valence-corrected chi connectivity index (χ0v) is 15.8. The van der Waals surface area contributed by atoms with Gasteiger partial charge in [-0.05, 0) is 48.3 Å². The molecule has 0 spiro atoms. The number of rotatable bonds is 4. The fourth-order valence-corrected chi connectivity index (χ4v) is 3.18. The van der Waals surface area contributed by atoms with Crippen LogP contribution in [0, 0.1) is 6.92 Å².